The maximum Gasteiger partial charge on any atom is 0.268 e. The van der Waals surface area contributed by atoms with Crippen LogP contribution in [-0.4, -0.2) is 24.4 Å². The maximum absolute atomic E-state index is 12.3. The number of nitrogens with zero attached hydrogens (tertiary/aromatic N) is 1. The van der Waals surface area contributed by atoms with Crippen LogP contribution in [0.4, 0.5) is 0 Å². The summed E-state index contributed by atoms with van der Waals surface area (Å²) in [7, 11) is 3.11. The van der Waals surface area contributed by atoms with Crippen molar-refractivity contribution in [2.45, 2.75) is 49.5 Å². The quantitative estimate of drug-likeness (QED) is 0.870. The highest BCUT2D eigenvalue weighted by Crippen LogP contribution is 2.28. The molecule has 1 aromatic heterocycles. The summed E-state index contributed by atoms with van der Waals surface area (Å²) in [6.07, 6.45) is 6.65. The predicted molar refractivity (Wildman–Crippen MR) is 77.4 cm³/mol. The van der Waals surface area contributed by atoms with E-state index >= 15 is 0 Å². The minimum absolute atomic E-state index is 0.0550. The van der Waals surface area contributed by atoms with Gasteiger partial charge in [0.05, 0.1) is 0 Å². The van der Waals surface area contributed by atoms with Crippen molar-refractivity contribution in [3.63, 3.8) is 0 Å². The van der Waals surface area contributed by atoms with E-state index in [9.17, 15) is 13.2 Å². The monoisotopic (exact) mass is 318 g/mol. The molecule has 0 spiro atoms. The Morgan fingerprint density at radius 1 is 1.35 bits per heavy atom. The molecular formula is C13H19ClN2O3S. The van der Waals surface area contributed by atoms with Crippen molar-refractivity contribution >= 4 is 25.6 Å². The Morgan fingerprint density at radius 2 is 1.95 bits per heavy atom. The van der Waals surface area contributed by atoms with Crippen LogP contribution < -0.4 is 5.32 Å². The predicted octanol–water partition coefficient (Wildman–Crippen LogP) is 2.41. The molecule has 1 aliphatic carbocycles. The van der Waals surface area contributed by atoms with Crippen LogP contribution in [0.15, 0.2) is 17.2 Å². The Bertz CT molecular complexity index is 616. The highest BCUT2D eigenvalue weighted by molar-refractivity contribution is 8.13. The standard InChI is InChI=1S/C13H19ClN2O3S/c1-13(6-4-3-5-7-13)15-12(17)11-8-10(9-16(11)2)20(14,18)19/h8-9H,3-7H2,1-2H3,(H,15,17). The topological polar surface area (TPSA) is 68.2 Å². The van der Waals surface area contributed by atoms with Crippen LogP contribution in [0.2, 0.25) is 0 Å². The van der Waals surface area contributed by atoms with Crippen LogP contribution in [-0.2, 0) is 16.1 Å². The average molecular weight is 319 g/mol. The van der Waals surface area contributed by atoms with Gasteiger partial charge in [-0.25, -0.2) is 8.42 Å². The van der Waals surface area contributed by atoms with Crippen LogP contribution in [0.5, 0.6) is 0 Å². The van der Waals surface area contributed by atoms with Gasteiger partial charge in [-0.3, -0.25) is 4.79 Å². The lowest BCUT2D eigenvalue weighted by Crippen LogP contribution is -2.47. The number of aromatic nitrogens is 1. The molecule has 5 nitrogen and oxygen atoms in total. The van der Waals surface area contributed by atoms with Gasteiger partial charge in [0.2, 0.25) is 0 Å². The van der Waals surface area contributed by atoms with Gasteiger partial charge in [0.1, 0.15) is 10.6 Å². The number of rotatable bonds is 3. The van der Waals surface area contributed by atoms with E-state index in [0.29, 0.717) is 5.69 Å². The van der Waals surface area contributed by atoms with Gasteiger partial charge in [-0.15, -0.1) is 0 Å². The van der Waals surface area contributed by atoms with Crippen LogP contribution in [0.1, 0.15) is 49.5 Å². The SMILES string of the molecule is Cn1cc(S(=O)(=O)Cl)cc1C(=O)NC1(C)CCCCC1. The molecule has 1 aliphatic rings. The number of hydrogen-bond acceptors (Lipinski definition) is 3. The lowest BCUT2D eigenvalue weighted by atomic mass is 9.83. The summed E-state index contributed by atoms with van der Waals surface area (Å²) in [6, 6.07) is 1.31. The lowest BCUT2D eigenvalue weighted by molar-refractivity contribution is 0.0874. The van der Waals surface area contributed by atoms with E-state index in [4.69, 9.17) is 10.7 Å². The van der Waals surface area contributed by atoms with Gasteiger partial charge in [-0.2, -0.15) is 0 Å². The van der Waals surface area contributed by atoms with Gasteiger partial charge in [-0.1, -0.05) is 19.3 Å². The van der Waals surface area contributed by atoms with E-state index in [2.05, 4.69) is 5.32 Å². The summed E-state index contributed by atoms with van der Waals surface area (Å²) >= 11 is 0. The zero-order valence-electron chi connectivity index (χ0n) is 11.6. The van der Waals surface area contributed by atoms with E-state index in [-0.39, 0.29) is 16.3 Å². The van der Waals surface area contributed by atoms with Gasteiger partial charge in [0.15, 0.2) is 0 Å². The van der Waals surface area contributed by atoms with Crippen molar-refractivity contribution in [1.29, 1.82) is 0 Å². The molecule has 0 radical (unpaired) electrons. The molecule has 0 aromatic carbocycles. The molecule has 1 amide bonds. The molecule has 0 atom stereocenters. The first-order valence-electron chi connectivity index (χ1n) is 6.65. The molecule has 20 heavy (non-hydrogen) atoms. The fourth-order valence-electron chi connectivity index (χ4n) is 2.69. The number of carbonyl (C=O) groups excluding carboxylic acids is 1. The minimum Gasteiger partial charge on any atom is -0.346 e. The van der Waals surface area contributed by atoms with Gasteiger partial charge in [-0.05, 0) is 25.8 Å². The molecule has 112 valence electrons. The molecule has 7 heteroatoms. The fraction of sp³-hybridized carbons (Fsp3) is 0.615. The van der Waals surface area contributed by atoms with Gasteiger partial charge in [0, 0.05) is 29.5 Å². The number of hydrogen-bond donors (Lipinski definition) is 1. The molecular weight excluding hydrogens is 300 g/mol. The summed E-state index contributed by atoms with van der Waals surface area (Å²) < 4.78 is 24.1. The van der Waals surface area contributed by atoms with Crippen molar-refractivity contribution in [3.8, 4) is 0 Å². The van der Waals surface area contributed by atoms with Crippen LogP contribution >= 0.6 is 10.7 Å². The van der Waals surface area contributed by atoms with Gasteiger partial charge < -0.3 is 9.88 Å². The van der Waals surface area contributed by atoms with E-state index in [0.717, 1.165) is 25.7 Å². The van der Waals surface area contributed by atoms with Crippen LogP contribution in [0.3, 0.4) is 0 Å². The number of halogens is 1. The summed E-state index contributed by atoms with van der Waals surface area (Å²) in [6.45, 7) is 2.03. The second-order valence-corrected chi connectivity index (χ2v) is 8.25. The van der Waals surface area contributed by atoms with Crippen LogP contribution in [0, 0.1) is 0 Å². The molecule has 0 unspecified atom stereocenters. The Kier molecular flexibility index (Phi) is 4.16. The van der Waals surface area contributed by atoms with Crippen LogP contribution in [0.25, 0.3) is 0 Å². The maximum atomic E-state index is 12.3. The number of aryl methyl sites for hydroxylation is 1. The third-order valence-corrected chi connectivity index (χ3v) is 5.19. The summed E-state index contributed by atoms with van der Waals surface area (Å²) in [5, 5.41) is 3.02. The largest absolute Gasteiger partial charge is 0.346 e. The third-order valence-electron chi connectivity index (χ3n) is 3.87. The summed E-state index contributed by atoms with van der Waals surface area (Å²) in [5.74, 6) is -0.261. The zero-order valence-corrected chi connectivity index (χ0v) is 13.2. The average Bonchev–Trinajstić information content (AvgIpc) is 2.71. The molecule has 1 saturated carbocycles. The number of nitrogens with one attached hydrogen (secondary N) is 1. The smallest absolute Gasteiger partial charge is 0.268 e. The first-order chi connectivity index (χ1) is 9.21. The Balaban J connectivity index is 2.19. The van der Waals surface area contributed by atoms with Crippen molar-refractivity contribution in [1.82, 2.24) is 9.88 Å². The molecule has 1 N–H and O–H groups in total. The second-order valence-electron chi connectivity index (χ2n) is 5.69. The molecule has 0 bridgehead atoms. The fourth-order valence-corrected chi connectivity index (χ4v) is 3.48. The minimum atomic E-state index is -3.81. The van der Waals surface area contributed by atoms with Crippen molar-refractivity contribution in [2.75, 3.05) is 0 Å². The van der Waals surface area contributed by atoms with Gasteiger partial charge in [0.25, 0.3) is 15.0 Å². The van der Waals surface area contributed by atoms with E-state index in [1.165, 1.54) is 23.3 Å². The van der Waals surface area contributed by atoms with Crippen molar-refractivity contribution < 1.29 is 13.2 Å². The first kappa shape index (κ1) is 15.4. The Labute approximate surface area is 123 Å². The lowest BCUT2D eigenvalue weighted by Gasteiger charge is -2.34. The van der Waals surface area contributed by atoms with Gasteiger partial charge >= 0.3 is 0 Å². The molecule has 2 rings (SSSR count). The molecule has 0 saturated heterocycles. The second kappa shape index (κ2) is 5.41. The van der Waals surface area contributed by atoms with E-state index in [1.807, 2.05) is 6.92 Å². The van der Waals surface area contributed by atoms with E-state index < -0.39 is 9.05 Å². The molecule has 1 aromatic rings. The first-order valence-corrected chi connectivity index (χ1v) is 8.96. The highest BCUT2D eigenvalue weighted by Gasteiger charge is 2.30. The highest BCUT2D eigenvalue weighted by atomic mass is 35.7. The van der Waals surface area contributed by atoms with Crippen molar-refractivity contribution in [2.24, 2.45) is 7.05 Å². The molecule has 1 heterocycles. The zero-order chi connectivity index (χ0) is 15.0. The molecule has 1 fully saturated rings. The van der Waals surface area contributed by atoms with Crippen molar-refractivity contribution in [3.05, 3.63) is 18.0 Å². The van der Waals surface area contributed by atoms with E-state index in [1.54, 1.807) is 7.05 Å². The Morgan fingerprint density at radius 3 is 2.45 bits per heavy atom. The summed E-state index contributed by atoms with van der Waals surface area (Å²) in [5.41, 5.74) is 0.0931. The number of amides is 1. The number of carbonyl (C=O) groups is 1. The third kappa shape index (κ3) is 3.35. The Hall–Kier alpha value is -1.01. The normalized spacial score (nSPS) is 18.8. The molecule has 0 aliphatic heterocycles. The summed E-state index contributed by atoms with van der Waals surface area (Å²) in [4.78, 5) is 12.3.